The van der Waals surface area contributed by atoms with Gasteiger partial charge in [-0.15, -0.1) is 0 Å². The predicted molar refractivity (Wildman–Crippen MR) is 99.5 cm³/mol. The second-order valence-electron chi connectivity index (χ2n) is 5.57. The fourth-order valence-electron chi connectivity index (χ4n) is 2.33. The smallest absolute Gasteiger partial charge is 0.169 e. The largest absolute Gasteiger partial charge is 0.497 e. The number of amidine groups is 1. The van der Waals surface area contributed by atoms with Gasteiger partial charge in [-0.05, 0) is 42.8 Å². The van der Waals surface area contributed by atoms with Gasteiger partial charge in [-0.3, -0.25) is 0 Å². The van der Waals surface area contributed by atoms with E-state index in [4.69, 9.17) is 9.73 Å². The first kappa shape index (κ1) is 15.7. The van der Waals surface area contributed by atoms with Crippen molar-refractivity contribution < 1.29 is 4.74 Å². The molecular weight excluding hydrogens is 304 g/mol. The molecule has 1 aliphatic heterocycles. The molecule has 1 heterocycles. The Morgan fingerprint density at radius 3 is 2.43 bits per heavy atom. The van der Waals surface area contributed by atoms with Gasteiger partial charge in [0.15, 0.2) is 5.17 Å². The normalized spacial score (nSPS) is 18.0. The maximum absolute atomic E-state index is 5.19. The van der Waals surface area contributed by atoms with Crippen LogP contribution in [0.1, 0.15) is 11.1 Å². The van der Waals surface area contributed by atoms with Crippen molar-refractivity contribution in [3.05, 3.63) is 64.6 Å². The number of hydrogen-bond acceptors (Lipinski definition) is 3. The molecule has 23 heavy (non-hydrogen) atoms. The molecule has 0 spiro atoms. The number of aliphatic imine (C=N–C) groups is 1. The fraction of sp³-hybridized carbons (Fsp3) is 0.211. The standard InChI is InChI=1S/C19H20N2OS/c1-14-4-8-16(9-5-14)20-19-21(2)13-18(23-19)12-15-6-10-17(22-3)11-7-15/h4-12H,13H2,1-3H3/b18-12-,20-19?. The Balaban J connectivity index is 1.77. The summed E-state index contributed by atoms with van der Waals surface area (Å²) < 4.78 is 5.19. The molecule has 0 radical (unpaired) electrons. The number of aryl methyl sites for hydroxylation is 1. The lowest BCUT2D eigenvalue weighted by Gasteiger charge is -2.08. The predicted octanol–water partition coefficient (Wildman–Crippen LogP) is 4.71. The van der Waals surface area contributed by atoms with Gasteiger partial charge in [-0.2, -0.15) is 0 Å². The number of rotatable bonds is 3. The summed E-state index contributed by atoms with van der Waals surface area (Å²) in [4.78, 5) is 8.22. The van der Waals surface area contributed by atoms with Gasteiger partial charge >= 0.3 is 0 Å². The molecule has 0 amide bonds. The molecule has 118 valence electrons. The van der Waals surface area contributed by atoms with Gasteiger partial charge in [-0.25, -0.2) is 4.99 Å². The maximum atomic E-state index is 5.19. The molecule has 0 aliphatic carbocycles. The zero-order valence-corrected chi connectivity index (χ0v) is 14.4. The van der Waals surface area contributed by atoms with Gasteiger partial charge in [-0.1, -0.05) is 41.6 Å². The summed E-state index contributed by atoms with van der Waals surface area (Å²) in [7, 11) is 3.76. The van der Waals surface area contributed by atoms with E-state index in [1.807, 2.05) is 12.1 Å². The van der Waals surface area contributed by atoms with E-state index in [0.29, 0.717) is 0 Å². The molecular formula is C19H20N2OS. The molecule has 0 saturated carbocycles. The van der Waals surface area contributed by atoms with Crippen LogP contribution in [0.3, 0.4) is 0 Å². The summed E-state index contributed by atoms with van der Waals surface area (Å²) in [6.07, 6.45) is 2.21. The molecule has 2 aromatic rings. The Labute approximate surface area is 141 Å². The number of methoxy groups -OCH3 is 1. The lowest BCUT2D eigenvalue weighted by Crippen LogP contribution is -2.17. The van der Waals surface area contributed by atoms with Gasteiger partial charge in [0.1, 0.15) is 5.75 Å². The first-order valence-corrected chi connectivity index (χ1v) is 8.35. The molecule has 0 bridgehead atoms. The van der Waals surface area contributed by atoms with Crippen molar-refractivity contribution in [3.63, 3.8) is 0 Å². The van der Waals surface area contributed by atoms with E-state index in [1.54, 1.807) is 18.9 Å². The van der Waals surface area contributed by atoms with Gasteiger partial charge in [0.25, 0.3) is 0 Å². The minimum atomic E-state index is 0.880. The summed E-state index contributed by atoms with van der Waals surface area (Å²) in [6.45, 7) is 2.98. The Bertz CT molecular complexity index is 733. The first-order valence-electron chi connectivity index (χ1n) is 7.53. The number of nitrogens with zero attached hydrogens (tertiary/aromatic N) is 2. The second-order valence-corrected chi connectivity index (χ2v) is 6.67. The topological polar surface area (TPSA) is 24.8 Å². The third kappa shape index (κ3) is 3.96. The first-order chi connectivity index (χ1) is 11.1. The summed E-state index contributed by atoms with van der Waals surface area (Å²) >= 11 is 1.73. The highest BCUT2D eigenvalue weighted by atomic mass is 32.2. The molecule has 0 N–H and O–H groups in total. The van der Waals surface area contributed by atoms with Gasteiger partial charge in [0.2, 0.25) is 0 Å². The Kier molecular flexibility index (Phi) is 4.72. The minimum absolute atomic E-state index is 0.880. The van der Waals surface area contributed by atoms with Gasteiger partial charge in [0.05, 0.1) is 19.3 Å². The summed E-state index contributed by atoms with van der Waals surface area (Å²) in [5.41, 5.74) is 3.43. The summed E-state index contributed by atoms with van der Waals surface area (Å²) in [5, 5.41) is 1.04. The molecule has 0 unspecified atom stereocenters. The van der Waals surface area contributed by atoms with Crippen LogP contribution in [0.4, 0.5) is 5.69 Å². The number of thioether (sulfide) groups is 1. The Morgan fingerprint density at radius 2 is 1.78 bits per heavy atom. The van der Waals surface area contributed by atoms with Crippen LogP contribution in [-0.4, -0.2) is 30.8 Å². The highest BCUT2D eigenvalue weighted by Crippen LogP contribution is 2.32. The van der Waals surface area contributed by atoms with E-state index < -0.39 is 0 Å². The number of hydrogen-bond donors (Lipinski definition) is 0. The molecule has 3 rings (SSSR count). The zero-order chi connectivity index (χ0) is 16.2. The number of likely N-dealkylation sites (N-methyl/N-ethyl adjacent to an activating group) is 1. The third-order valence-electron chi connectivity index (χ3n) is 3.64. The van der Waals surface area contributed by atoms with Crippen molar-refractivity contribution in [1.29, 1.82) is 0 Å². The van der Waals surface area contributed by atoms with Crippen LogP contribution < -0.4 is 4.74 Å². The van der Waals surface area contributed by atoms with Crippen molar-refractivity contribution in [2.75, 3.05) is 20.7 Å². The van der Waals surface area contributed by atoms with Crippen LogP contribution in [0, 0.1) is 6.92 Å². The van der Waals surface area contributed by atoms with Crippen LogP contribution in [0.2, 0.25) is 0 Å². The molecule has 1 fully saturated rings. The monoisotopic (exact) mass is 324 g/mol. The summed E-state index contributed by atoms with van der Waals surface area (Å²) in [6, 6.07) is 16.4. The highest BCUT2D eigenvalue weighted by Gasteiger charge is 2.20. The second kappa shape index (κ2) is 6.92. The SMILES string of the molecule is COc1ccc(/C=C2/CN(C)C(=Nc3ccc(C)cc3)S2)cc1. The van der Waals surface area contributed by atoms with Crippen LogP contribution in [0.25, 0.3) is 6.08 Å². The molecule has 4 heteroatoms. The summed E-state index contributed by atoms with van der Waals surface area (Å²) in [5.74, 6) is 0.880. The Hall–Kier alpha value is -2.20. The van der Waals surface area contributed by atoms with E-state index >= 15 is 0 Å². The maximum Gasteiger partial charge on any atom is 0.169 e. The zero-order valence-electron chi connectivity index (χ0n) is 13.6. The van der Waals surface area contributed by atoms with E-state index in [-0.39, 0.29) is 0 Å². The van der Waals surface area contributed by atoms with E-state index in [9.17, 15) is 0 Å². The van der Waals surface area contributed by atoms with Crippen LogP contribution in [0.15, 0.2) is 58.4 Å². The lowest BCUT2D eigenvalue weighted by molar-refractivity contribution is 0.415. The highest BCUT2D eigenvalue weighted by molar-refractivity contribution is 8.17. The lowest BCUT2D eigenvalue weighted by atomic mass is 10.2. The van der Waals surface area contributed by atoms with Crippen molar-refractivity contribution in [3.8, 4) is 5.75 Å². The van der Waals surface area contributed by atoms with Gasteiger partial charge in [0, 0.05) is 12.0 Å². The van der Waals surface area contributed by atoms with E-state index in [2.05, 4.69) is 61.3 Å². The molecule has 2 aromatic carbocycles. The van der Waals surface area contributed by atoms with Crippen LogP contribution in [-0.2, 0) is 0 Å². The van der Waals surface area contributed by atoms with Crippen molar-refractivity contribution in [2.45, 2.75) is 6.92 Å². The molecule has 3 nitrogen and oxygen atoms in total. The van der Waals surface area contributed by atoms with E-state index in [0.717, 1.165) is 23.1 Å². The van der Waals surface area contributed by atoms with Crippen molar-refractivity contribution in [2.24, 2.45) is 4.99 Å². The average molecular weight is 324 g/mol. The van der Waals surface area contributed by atoms with Gasteiger partial charge < -0.3 is 9.64 Å². The molecule has 0 aromatic heterocycles. The third-order valence-corrected chi connectivity index (χ3v) is 4.74. The quantitative estimate of drug-likeness (QED) is 0.817. The van der Waals surface area contributed by atoms with E-state index in [1.165, 1.54) is 16.0 Å². The average Bonchev–Trinajstić information content (AvgIpc) is 2.90. The minimum Gasteiger partial charge on any atom is -0.497 e. The number of benzene rings is 2. The van der Waals surface area contributed by atoms with Crippen LogP contribution in [0.5, 0.6) is 5.75 Å². The fourth-order valence-corrected chi connectivity index (χ4v) is 3.39. The molecule has 1 saturated heterocycles. The Morgan fingerprint density at radius 1 is 1.09 bits per heavy atom. The van der Waals surface area contributed by atoms with Crippen molar-refractivity contribution in [1.82, 2.24) is 4.90 Å². The number of ether oxygens (including phenoxy) is 1. The molecule has 1 aliphatic rings. The van der Waals surface area contributed by atoms with Crippen molar-refractivity contribution >= 4 is 28.7 Å². The van der Waals surface area contributed by atoms with Crippen LogP contribution >= 0.6 is 11.8 Å². The molecule has 0 atom stereocenters.